The van der Waals surface area contributed by atoms with Crippen molar-refractivity contribution < 1.29 is 4.79 Å². The minimum absolute atomic E-state index is 0.182. The maximum atomic E-state index is 13.1. The maximum Gasteiger partial charge on any atom is 0.233 e. The van der Waals surface area contributed by atoms with Gasteiger partial charge < -0.3 is 10.2 Å². The predicted octanol–water partition coefficient (Wildman–Crippen LogP) is 5.13. The van der Waals surface area contributed by atoms with Gasteiger partial charge in [-0.3, -0.25) is 9.36 Å². The molecule has 2 aromatic carbocycles. The fourth-order valence-electron chi connectivity index (χ4n) is 4.56. The van der Waals surface area contributed by atoms with E-state index in [1.807, 2.05) is 10.6 Å². The van der Waals surface area contributed by atoms with Crippen LogP contribution in [0, 0.1) is 5.92 Å². The van der Waals surface area contributed by atoms with Crippen molar-refractivity contribution in [1.29, 1.82) is 0 Å². The molecule has 0 bridgehead atoms. The number of piperidine rings is 1. The summed E-state index contributed by atoms with van der Waals surface area (Å²) >= 11 is 0. The lowest BCUT2D eigenvalue weighted by atomic mass is 9.90. The van der Waals surface area contributed by atoms with Gasteiger partial charge in [-0.25, -0.2) is 0 Å². The minimum atomic E-state index is 0.182. The van der Waals surface area contributed by atoms with Crippen LogP contribution in [0.3, 0.4) is 0 Å². The van der Waals surface area contributed by atoms with E-state index >= 15 is 0 Å². The lowest BCUT2D eigenvalue weighted by molar-refractivity contribution is 0.0909. The van der Waals surface area contributed by atoms with Crippen molar-refractivity contribution >= 4 is 22.6 Å². The second kappa shape index (κ2) is 9.94. The molecule has 1 aliphatic heterocycles. The van der Waals surface area contributed by atoms with Crippen LogP contribution in [0.2, 0.25) is 0 Å². The van der Waals surface area contributed by atoms with Gasteiger partial charge in [-0.15, -0.1) is 0 Å². The first kappa shape index (κ1) is 20.7. The highest BCUT2D eigenvalue weighted by Gasteiger charge is 2.24. The van der Waals surface area contributed by atoms with E-state index in [2.05, 4.69) is 71.7 Å². The van der Waals surface area contributed by atoms with Gasteiger partial charge in [0, 0.05) is 31.4 Å². The number of anilines is 1. The third-order valence-corrected chi connectivity index (χ3v) is 6.19. The Morgan fingerprint density at radius 3 is 2.50 bits per heavy atom. The molecule has 1 saturated heterocycles. The normalized spacial score (nSPS) is 15.0. The molecule has 1 fully saturated rings. The monoisotopic (exact) mass is 403 g/mol. The van der Waals surface area contributed by atoms with E-state index in [0.717, 1.165) is 61.7 Å². The fourth-order valence-corrected chi connectivity index (χ4v) is 4.56. The molecule has 3 aromatic rings. The van der Waals surface area contributed by atoms with Crippen molar-refractivity contribution in [3.8, 4) is 0 Å². The van der Waals surface area contributed by atoms with E-state index in [-0.39, 0.29) is 5.91 Å². The summed E-state index contributed by atoms with van der Waals surface area (Å²) in [6.07, 6.45) is 5.10. The van der Waals surface area contributed by atoms with Gasteiger partial charge in [-0.05, 0) is 55.8 Å². The van der Waals surface area contributed by atoms with Crippen molar-refractivity contribution in [2.45, 2.75) is 39.0 Å². The average Bonchev–Trinajstić information content (AvgIpc) is 3.17. The first-order chi connectivity index (χ1) is 14.8. The Morgan fingerprint density at radius 2 is 1.73 bits per heavy atom. The largest absolute Gasteiger partial charge is 0.358 e. The van der Waals surface area contributed by atoms with Crippen LogP contribution in [0.15, 0.2) is 60.7 Å². The smallest absolute Gasteiger partial charge is 0.233 e. The van der Waals surface area contributed by atoms with Crippen molar-refractivity contribution in [2.75, 3.05) is 31.1 Å². The highest BCUT2D eigenvalue weighted by molar-refractivity contribution is 5.97. The number of nitrogens with one attached hydrogen (secondary N) is 1. The van der Waals surface area contributed by atoms with Crippen LogP contribution in [-0.2, 0) is 6.42 Å². The number of aromatic nitrogens is 1. The minimum Gasteiger partial charge on any atom is -0.358 e. The summed E-state index contributed by atoms with van der Waals surface area (Å²) in [6, 6.07) is 21.3. The van der Waals surface area contributed by atoms with E-state index < -0.39 is 0 Å². The molecule has 1 aliphatic rings. The molecule has 30 heavy (non-hydrogen) atoms. The summed E-state index contributed by atoms with van der Waals surface area (Å²) < 4.78 is 1.96. The molecule has 0 aliphatic carbocycles. The first-order valence-electron chi connectivity index (χ1n) is 11.4. The van der Waals surface area contributed by atoms with Crippen LogP contribution in [0.1, 0.15) is 43.0 Å². The van der Waals surface area contributed by atoms with Gasteiger partial charge >= 0.3 is 0 Å². The van der Waals surface area contributed by atoms with Gasteiger partial charge in [0.05, 0.1) is 5.52 Å². The number of hydrogen-bond acceptors (Lipinski definition) is 3. The zero-order valence-electron chi connectivity index (χ0n) is 18.0. The summed E-state index contributed by atoms with van der Waals surface area (Å²) in [4.78, 5) is 15.6. The Labute approximate surface area is 179 Å². The van der Waals surface area contributed by atoms with Crippen LogP contribution in [0.5, 0.6) is 0 Å². The number of hydrogen-bond donors (Lipinski definition) is 1. The van der Waals surface area contributed by atoms with Gasteiger partial charge in [0.25, 0.3) is 0 Å². The molecule has 0 unspecified atom stereocenters. The predicted molar refractivity (Wildman–Crippen MR) is 125 cm³/mol. The van der Waals surface area contributed by atoms with Gasteiger partial charge in [-0.1, -0.05) is 55.5 Å². The van der Waals surface area contributed by atoms with Crippen LogP contribution >= 0.6 is 0 Å². The van der Waals surface area contributed by atoms with Gasteiger partial charge in [0.15, 0.2) is 0 Å². The molecule has 2 heterocycles. The number of carbonyl (C=O) groups is 1. The Kier molecular flexibility index (Phi) is 6.85. The quantitative estimate of drug-likeness (QED) is 0.530. The lowest BCUT2D eigenvalue weighted by Crippen LogP contribution is -2.36. The zero-order valence-corrected chi connectivity index (χ0v) is 18.0. The molecule has 0 atom stereocenters. The molecular formula is C26H33N3O. The SMILES string of the molecule is CCCNCCC(=O)n1c(N2CCC(Cc3ccccc3)CC2)cc2ccccc21. The number of carbonyl (C=O) groups excluding carboxylic acids is 1. The van der Waals surface area contributed by atoms with Gasteiger partial charge in [0.1, 0.15) is 5.82 Å². The van der Waals surface area contributed by atoms with Gasteiger partial charge in [0.2, 0.25) is 5.91 Å². The number of nitrogens with zero attached hydrogens (tertiary/aromatic N) is 2. The first-order valence-corrected chi connectivity index (χ1v) is 11.4. The molecule has 0 radical (unpaired) electrons. The second-order valence-corrected chi connectivity index (χ2v) is 8.41. The number of para-hydroxylation sites is 1. The molecule has 4 nitrogen and oxygen atoms in total. The Morgan fingerprint density at radius 1 is 1.00 bits per heavy atom. The van der Waals surface area contributed by atoms with Crippen LogP contribution < -0.4 is 10.2 Å². The zero-order chi connectivity index (χ0) is 20.8. The summed E-state index contributed by atoms with van der Waals surface area (Å²) in [6.45, 7) is 5.86. The molecule has 0 saturated carbocycles. The summed E-state index contributed by atoms with van der Waals surface area (Å²) in [7, 11) is 0. The Balaban J connectivity index is 1.48. The molecule has 4 heteroatoms. The molecule has 4 rings (SSSR count). The van der Waals surface area contributed by atoms with Crippen molar-refractivity contribution in [1.82, 2.24) is 9.88 Å². The average molecular weight is 404 g/mol. The van der Waals surface area contributed by atoms with Crippen molar-refractivity contribution in [3.63, 3.8) is 0 Å². The van der Waals surface area contributed by atoms with Crippen molar-refractivity contribution in [3.05, 3.63) is 66.2 Å². The summed E-state index contributed by atoms with van der Waals surface area (Å²) in [5.41, 5.74) is 2.46. The van der Waals surface area contributed by atoms with E-state index in [9.17, 15) is 4.79 Å². The Hall–Kier alpha value is -2.59. The maximum absolute atomic E-state index is 13.1. The Bertz CT molecular complexity index is 955. The molecule has 1 aromatic heterocycles. The van der Waals surface area contributed by atoms with E-state index in [1.165, 1.54) is 18.4 Å². The van der Waals surface area contributed by atoms with Crippen LogP contribution in [-0.4, -0.2) is 36.7 Å². The number of rotatable bonds is 8. The highest BCUT2D eigenvalue weighted by Crippen LogP contribution is 2.31. The third kappa shape index (κ3) is 4.76. The van der Waals surface area contributed by atoms with E-state index in [0.29, 0.717) is 6.42 Å². The molecule has 158 valence electrons. The highest BCUT2D eigenvalue weighted by atomic mass is 16.2. The topological polar surface area (TPSA) is 37.3 Å². The van der Waals surface area contributed by atoms with Crippen LogP contribution in [0.25, 0.3) is 10.9 Å². The third-order valence-electron chi connectivity index (χ3n) is 6.19. The summed E-state index contributed by atoms with van der Waals surface area (Å²) in [5, 5.41) is 4.50. The lowest BCUT2D eigenvalue weighted by Gasteiger charge is -2.34. The van der Waals surface area contributed by atoms with E-state index in [1.54, 1.807) is 0 Å². The van der Waals surface area contributed by atoms with E-state index in [4.69, 9.17) is 0 Å². The molecule has 0 spiro atoms. The molecule has 0 amide bonds. The second-order valence-electron chi connectivity index (χ2n) is 8.41. The van der Waals surface area contributed by atoms with Crippen LogP contribution in [0.4, 0.5) is 5.82 Å². The van der Waals surface area contributed by atoms with Gasteiger partial charge in [-0.2, -0.15) is 0 Å². The number of benzene rings is 2. The number of fused-ring (bicyclic) bond motifs is 1. The standard InChI is InChI=1S/C26H33N3O/c1-2-15-27-16-12-26(30)29-24-11-7-6-10-23(24)20-25(29)28-17-13-22(14-18-28)19-21-8-4-3-5-9-21/h3-11,20,22,27H,2,12-19H2,1H3. The summed E-state index contributed by atoms with van der Waals surface area (Å²) in [5.74, 6) is 1.96. The fraction of sp³-hybridized carbons (Fsp3) is 0.423. The molecule has 1 N–H and O–H groups in total. The molecular weight excluding hydrogens is 370 g/mol. The van der Waals surface area contributed by atoms with Crippen molar-refractivity contribution in [2.24, 2.45) is 5.92 Å².